The van der Waals surface area contributed by atoms with Crippen molar-refractivity contribution in [3.63, 3.8) is 0 Å². The van der Waals surface area contributed by atoms with Crippen molar-refractivity contribution in [2.24, 2.45) is 45.3 Å². The maximum atomic E-state index is 12.7. The fourth-order valence-electron chi connectivity index (χ4n) is 14.9. The van der Waals surface area contributed by atoms with E-state index in [-0.39, 0.29) is 39.9 Å². The summed E-state index contributed by atoms with van der Waals surface area (Å²) in [5.41, 5.74) is -1.12. The molecule has 0 aromatic heterocycles. The van der Waals surface area contributed by atoms with Crippen LogP contribution in [0, 0.1) is 45.3 Å². The summed E-state index contributed by atoms with van der Waals surface area (Å²) >= 11 is 0. The first-order chi connectivity index (χ1) is 30.8. The zero-order valence-corrected chi connectivity index (χ0v) is 40.0. The highest BCUT2D eigenvalue weighted by atomic mass is 16.8. The number of hydrogen-bond acceptors (Lipinski definition) is 18. The number of ether oxygens (including phenoxy) is 6. The molecule has 3 heterocycles. The fourth-order valence-corrected chi connectivity index (χ4v) is 14.9. The van der Waals surface area contributed by atoms with E-state index in [4.69, 9.17) is 28.4 Å². The molecule has 0 aromatic rings. The Labute approximate surface area is 388 Å². The van der Waals surface area contributed by atoms with E-state index in [1.165, 1.54) is 0 Å². The van der Waals surface area contributed by atoms with Crippen LogP contribution in [0.25, 0.3) is 0 Å². The second kappa shape index (κ2) is 19.6. The molecule has 0 spiro atoms. The molecule has 18 nitrogen and oxygen atoms in total. The van der Waals surface area contributed by atoms with Crippen molar-refractivity contribution < 1.29 is 89.7 Å². The highest BCUT2D eigenvalue weighted by Gasteiger charge is 2.72. The van der Waals surface area contributed by atoms with E-state index in [2.05, 4.69) is 40.7 Å². The Balaban J connectivity index is 1.13. The van der Waals surface area contributed by atoms with Crippen LogP contribution in [0.1, 0.15) is 113 Å². The van der Waals surface area contributed by atoms with Crippen molar-refractivity contribution >= 4 is 0 Å². The Morgan fingerprint density at radius 1 is 0.606 bits per heavy atom. The molecule has 25 atom stereocenters. The van der Waals surface area contributed by atoms with Gasteiger partial charge in [0.05, 0.1) is 37.6 Å². The number of allylic oxidation sites excluding steroid dienone is 2. The standard InChI is InChI=1S/C48H82O18/c1-22(2)10-9-14-48(8,66-42-39(60)36(57)33(54)26(20-50)62-42)23-11-16-47(7)31(23)24(52)18-29-45(5)15-13-30(44(3,4)28(45)12-17-46(29,47)6)64-43-40(37(58)34(55)27(21-51)63-43)65-41-38(59)35(56)32(53)25(19-49)61-41/h10,23-43,49-60H,9,11-21H2,1-8H3/t23-,24-,25+,26+,27+,28-,29+,30?,31-,32+,33+,34+,35-,36-,37-,38+,39+,40+,41-,42-,43-,45-,46+,47-,48-/m0/s1. The van der Waals surface area contributed by atoms with E-state index < -0.39 is 135 Å². The van der Waals surface area contributed by atoms with E-state index in [9.17, 15) is 61.3 Å². The van der Waals surface area contributed by atoms with Gasteiger partial charge in [-0.1, -0.05) is 46.3 Å². The summed E-state index contributed by atoms with van der Waals surface area (Å²) in [4.78, 5) is 0. The first-order valence-corrected chi connectivity index (χ1v) is 24.4. The van der Waals surface area contributed by atoms with Crippen LogP contribution in [0.2, 0.25) is 0 Å². The number of fused-ring (bicyclic) bond motifs is 5. The van der Waals surface area contributed by atoms with Crippen molar-refractivity contribution in [1.29, 1.82) is 0 Å². The lowest BCUT2D eigenvalue weighted by molar-refractivity contribution is -0.378. The summed E-state index contributed by atoms with van der Waals surface area (Å²) in [5.74, 6) is -0.151. The number of hydrogen-bond donors (Lipinski definition) is 12. The lowest BCUT2D eigenvalue weighted by Crippen LogP contribution is -2.68. The molecule has 4 aliphatic carbocycles. The number of rotatable bonds is 13. The van der Waals surface area contributed by atoms with E-state index in [0.717, 1.165) is 37.7 Å². The minimum absolute atomic E-state index is 0.0905. The topological polar surface area (TPSA) is 298 Å². The van der Waals surface area contributed by atoms with Gasteiger partial charge in [0.1, 0.15) is 73.2 Å². The maximum Gasteiger partial charge on any atom is 0.187 e. The smallest absolute Gasteiger partial charge is 0.187 e. The molecule has 0 amide bonds. The van der Waals surface area contributed by atoms with Gasteiger partial charge in [0.15, 0.2) is 18.9 Å². The predicted molar refractivity (Wildman–Crippen MR) is 234 cm³/mol. The normalized spacial score (nSPS) is 52.4. The Kier molecular flexibility index (Phi) is 15.7. The Morgan fingerprint density at radius 3 is 1.71 bits per heavy atom. The lowest BCUT2D eigenvalue weighted by atomic mass is 9.35. The van der Waals surface area contributed by atoms with Gasteiger partial charge in [0.25, 0.3) is 0 Å². The van der Waals surface area contributed by atoms with Crippen molar-refractivity contribution in [2.45, 2.75) is 223 Å². The molecule has 0 radical (unpaired) electrons. The van der Waals surface area contributed by atoms with Crippen molar-refractivity contribution in [3.05, 3.63) is 11.6 Å². The van der Waals surface area contributed by atoms with E-state index in [1.807, 2.05) is 20.8 Å². The molecular formula is C48H82O18. The van der Waals surface area contributed by atoms with Crippen LogP contribution < -0.4 is 0 Å². The van der Waals surface area contributed by atoms with Gasteiger partial charge >= 0.3 is 0 Å². The molecular weight excluding hydrogens is 865 g/mol. The fraction of sp³-hybridized carbons (Fsp3) is 0.958. The third-order valence-electron chi connectivity index (χ3n) is 18.8. The summed E-state index contributed by atoms with van der Waals surface area (Å²) in [7, 11) is 0. The van der Waals surface area contributed by atoms with Crippen LogP contribution in [0.5, 0.6) is 0 Å². The molecule has 1 unspecified atom stereocenters. The van der Waals surface area contributed by atoms with E-state index in [0.29, 0.717) is 25.7 Å². The molecule has 7 aliphatic rings. The highest BCUT2D eigenvalue weighted by molar-refractivity contribution is 5.20. The van der Waals surface area contributed by atoms with Gasteiger partial charge in [-0.05, 0) is 124 Å². The molecule has 3 aliphatic heterocycles. The monoisotopic (exact) mass is 947 g/mol. The van der Waals surface area contributed by atoms with Crippen LogP contribution in [-0.2, 0) is 28.4 Å². The maximum absolute atomic E-state index is 12.7. The van der Waals surface area contributed by atoms with Gasteiger partial charge in [-0.3, -0.25) is 0 Å². The second-order valence-electron chi connectivity index (χ2n) is 22.9. The SMILES string of the molecule is CC(C)=CCC[C@](C)(O[C@@H]1O[C@H](CO)[C@@H](O)[C@H](O)[C@H]1O)[C@H]1CC[C@@]2(C)[C@@H]1[C@@H](O)C[C@@H]1[C@@]3(C)CCC(O[C@@H]4O[C@H](CO)[C@@H](O)[C@H](O)[C@H]4O[C@@H]4O[C@H](CO)[C@@H](O)[C@H](O)[C@H]4O)C(C)(C)[C@@H]3CC[C@]12C. The Morgan fingerprint density at radius 2 is 1.14 bits per heavy atom. The predicted octanol–water partition coefficient (Wildman–Crippen LogP) is -0.0268. The quantitative estimate of drug-likeness (QED) is 0.0853. The summed E-state index contributed by atoms with van der Waals surface area (Å²) in [5, 5.41) is 129. The molecule has 4 saturated carbocycles. The van der Waals surface area contributed by atoms with Crippen molar-refractivity contribution in [3.8, 4) is 0 Å². The summed E-state index contributed by atoms with van der Waals surface area (Å²) in [6.07, 6.45) is -15.4. The minimum Gasteiger partial charge on any atom is -0.394 e. The van der Waals surface area contributed by atoms with E-state index >= 15 is 0 Å². The minimum atomic E-state index is -1.79. The van der Waals surface area contributed by atoms with E-state index in [1.54, 1.807) is 0 Å². The number of aliphatic hydroxyl groups excluding tert-OH is 12. The zero-order chi connectivity index (χ0) is 48.6. The third-order valence-corrected chi connectivity index (χ3v) is 18.8. The lowest BCUT2D eigenvalue weighted by Gasteiger charge is -2.71. The van der Waals surface area contributed by atoms with Crippen molar-refractivity contribution in [2.75, 3.05) is 19.8 Å². The molecule has 12 N–H and O–H groups in total. The largest absolute Gasteiger partial charge is 0.394 e. The molecule has 0 bridgehead atoms. The Hall–Kier alpha value is -0.980. The Bertz CT molecular complexity index is 1680. The molecule has 0 aromatic carbocycles. The van der Waals surface area contributed by atoms with Gasteiger partial charge in [-0.25, -0.2) is 0 Å². The van der Waals surface area contributed by atoms with Crippen molar-refractivity contribution in [1.82, 2.24) is 0 Å². The molecule has 18 heteroatoms. The second-order valence-corrected chi connectivity index (χ2v) is 22.9. The average molecular weight is 947 g/mol. The molecule has 7 fully saturated rings. The van der Waals surface area contributed by atoms with Gasteiger partial charge in [0.2, 0.25) is 0 Å². The van der Waals surface area contributed by atoms with Crippen LogP contribution in [0.15, 0.2) is 11.6 Å². The summed E-state index contributed by atoms with van der Waals surface area (Å²) in [6, 6.07) is 0. The summed E-state index contributed by atoms with van der Waals surface area (Å²) < 4.78 is 37.2. The molecule has 382 valence electrons. The molecule has 66 heavy (non-hydrogen) atoms. The van der Waals surface area contributed by atoms with Gasteiger partial charge in [-0.2, -0.15) is 0 Å². The molecule has 7 rings (SSSR count). The van der Waals surface area contributed by atoms with Crippen LogP contribution in [0.3, 0.4) is 0 Å². The molecule has 3 saturated heterocycles. The summed E-state index contributed by atoms with van der Waals surface area (Å²) in [6.45, 7) is 15.5. The van der Waals surface area contributed by atoms with Gasteiger partial charge < -0.3 is 89.7 Å². The average Bonchev–Trinajstić information content (AvgIpc) is 3.65. The highest BCUT2D eigenvalue weighted by Crippen LogP contribution is 2.76. The number of aliphatic hydroxyl groups is 12. The van der Waals surface area contributed by atoms with Crippen LogP contribution in [-0.4, -0.2) is 191 Å². The van der Waals surface area contributed by atoms with Gasteiger partial charge in [0, 0.05) is 0 Å². The van der Waals surface area contributed by atoms with Gasteiger partial charge in [-0.15, -0.1) is 0 Å². The van der Waals surface area contributed by atoms with Crippen LogP contribution >= 0.6 is 0 Å². The first kappa shape index (κ1) is 52.8. The first-order valence-electron chi connectivity index (χ1n) is 24.4. The zero-order valence-electron chi connectivity index (χ0n) is 40.0. The third kappa shape index (κ3) is 8.79. The van der Waals surface area contributed by atoms with Crippen LogP contribution in [0.4, 0.5) is 0 Å².